The van der Waals surface area contributed by atoms with Crippen LogP contribution in [0.4, 0.5) is 5.69 Å². The molecule has 0 aromatic heterocycles. The Morgan fingerprint density at radius 1 is 1.11 bits per heavy atom. The molecule has 1 aliphatic heterocycles. The Kier molecular flexibility index (Phi) is 2.59. The minimum absolute atomic E-state index is 0.0719. The van der Waals surface area contributed by atoms with Gasteiger partial charge in [-0.15, -0.1) is 0 Å². The predicted molar refractivity (Wildman–Crippen MR) is 70.7 cm³/mol. The van der Waals surface area contributed by atoms with Crippen LogP contribution >= 0.6 is 0 Å². The molecule has 0 bridgehead atoms. The molecule has 2 aromatic rings. The fraction of sp³-hybridized carbons (Fsp3) is 0.200. The van der Waals surface area contributed by atoms with E-state index in [0.29, 0.717) is 5.75 Å². The lowest BCUT2D eigenvalue weighted by atomic mass is 9.97. The van der Waals surface area contributed by atoms with E-state index in [-0.39, 0.29) is 6.10 Å². The highest BCUT2D eigenvalue weighted by Crippen LogP contribution is 2.36. The van der Waals surface area contributed by atoms with Crippen LogP contribution in [0, 0.1) is 0 Å². The van der Waals surface area contributed by atoms with Crippen LogP contribution < -0.4 is 10.5 Å². The van der Waals surface area contributed by atoms with Crippen molar-refractivity contribution >= 4 is 5.69 Å². The van der Waals surface area contributed by atoms with E-state index in [4.69, 9.17) is 10.5 Å². The molecule has 3 nitrogen and oxygen atoms in total. The number of fused-ring (bicyclic) bond motifs is 1. The molecular weight excluding hydrogens is 226 g/mol. The van der Waals surface area contributed by atoms with Crippen molar-refractivity contribution in [3.05, 3.63) is 53.6 Å². The zero-order valence-electron chi connectivity index (χ0n) is 9.97. The van der Waals surface area contributed by atoms with Crippen LogP contribution in [0.15, 0.2) is 42.5 Å². The Labute approximate surface area is 106 Å². The zero-order valence-corrected chi connectivity index (χ0v) is 9.97. The van der Waals surface area contributed by atoms with Gasteiger partial charge in [0.1, 0.15) is 17.6 Å². The van der Waals surface area contributed by atoms with Crippen LogP contribution in [0.25, 0.3) is 0 Å². The number of nitrogens with two attached hydrogens (primary N) is 1. The molecule has 0 aliphatic carbocycles. The highest BCUT2D eigenvalue weighted by Gasteiger charge is 2.21. The Morgan fingerprint density at radius 2 is 1.89 bits per heavy atom. The number of ether oxygens (including phenoxy) is 1. The molecular formula is C15H15NO2. The third-order valence-corrected chi connectivity index (χ3v) is 3.30. The minimum Gasteiger partial charge on any atom is -0.508 e. The minimum atomic E-state index is 0.0719. The van der Waals surface area contributed by atoms with E-state index in [1.54, 1.807) is 12.1 Å². The summed E-state index contributed by atoms with van der Waals surface area (Å²) in [6.45, 7) is 0. The molecule has 0 radical (unpaired) electrons. The van der Waals surface area contributed by atoms with Gasteiger partial charge in [-0.1, -0.05) is 12.1 Å². The number of anilines is 1. The number of rotatable bonds is 1. The van der Waals surface area contributed by atoms with Gasteiger partial charge in [0.25, 0.3) is 0 Å². The highest BCUT2D eigenvalue weighted by atomic mass is 16.5. The predicted octanol–water partition coefficient (Wildman–Crippen LogP) is 3.04. The van der Waals surface area contributed by atoms with Crippen molar-refractivity contribution in [1.29, 1.82) is 0 Å². The van der Waals surface area contributed by atoms with Gasteiger partial charge in [0, 0.05) is 5.69 Å². The fourth-order valence-corrected chi connectivity index (χ4v) is 2.32. The summed E-state index contributed by atoms with van der Waals surface area (Å²) < 4.78 is 5.96. The van der Waals surface area contributed by atoms with Gasteiger partial charge in [-0.25, -0.2) is 0 Å². The number of hydrogen-bond donors (Lipinski definition) is 2. The molecule has 0 fully saturated rings. The number of aromatic hydroxyl groups is 1. The maximum Gasteiger partial charge on any atom is 0.124 e. The summed E-state index contributed by atoms with van der Waals surface area (Å²) in [5, 5.41) is 9.43. The van der Waals surface area contributed by atoms with Crippen LogP contribution in [0.1, 0.15) is 23.7 Å². The number of phenolic OH excluding ortho intramolecular Hbond substituents is 1. The lowest BCUT2D eigenvalue weighted by molar-refractivity contribution is 0.176. The smallest absolute Gasteiger partial charge is 0.124 e. The van der Waals surface area contributed by atoms with Gasteiger partial charge in [0.05, 0.1) is 0 Å². The molecule has 0 spiro atoms. The molecule has 1 aliphatic rings. The molecule has 92 valence electrons. The van der Waals surface area contributed by atoms with Gasteiger partial charge in [0.15, 0.2) is 0 Å². The standard InChI is InChI=1S/C15H15NO2/c16-12-4-1-10(2-5-12)14-7-3-11-9-13(17)6-8-15(11)18-14/h1-2,4-6,8-9,14,17H,3,7,16H2. The van der Waals surface area contributed by atoms with Crippen molar-refractivity contribution in [2.75, 3.05) is 5.73 Å². The van der Waals surface area contributed by atoms with Crippen molar-refractivity contribution in [2.45, 2.75) is 18.9 Å². The molecule has 1 heterocycles. The van der Waals surface area contributed by atoms with Crippen LogP contribution in [-0.2, 0) is 6.42 Å². The van der Waals surface area contributed by atoms with Crippen molar-refractivity contribution in [3.63, 3.8) is 0 Å². The first-order valence-electron chi connectivity index (χ1n) is 6.06. The average Bonchev–Trinajstić information content (AvgIpc) is 2.39. The van der Waals surface area contributed by atoms with Gasteiger partial charge in [-0.05, 0) is 54.3 Å². The highest BCUT2D eigenvalue weighted by molar-refractivity contribution is 5.43. The van der Waals surface area contributed by atoms with E-state index in [0.717, 1.165) is 35.4 Å². The van der Waals surface area contributed by atoms with E-state index >= 15 is 0 Å². The number of benzene rings is 2. The molecule has 2 aromatic carbocycles. The van der Waals surface area contributed by atoms with E-state index in [1.165, 1.54) is 0 Å². The Morgan fingerprint density at radius 3 is 2.67 bits per heavy atom. The first-order valence-corrected chi connectivity index (χ1v) is 6.06. The second kappa shape index (κ2) is 4.26. The maximum absolute atomic E-state index is 9.43. The van der Waals surface area contributed by atoms with Crippen LogP contribution in [0.3, 0.4) is 0 Å². The van der Waals surface area contributed by atoms with E-state index in [1.807, 2.05) is 30.3 Å². The molecule has 1 atom stereocenters. The summed E-state index contributed by atoms with van der Waals surface area (Å²) in [5.74, 6) is 1.16. The fourth-order valence-electron chi connectivity index (χ4n) is 2.32. The third-order valence-electron chi connectivity index (χ3n) is 3.30. The van der Waals surface area contributed by atoms with E-state index in [9.17, 15) is 5.11 Å². The Hall–Kier alpha value is -2.16. The van der Waals surface area contributed by atoms with Crippen molar-refractivity contribution in [2.24, 2.45) is 0 Å². The second-order valence-electron chi connectivity index (χ2n) is 4.60. The van der Waals surface area contributed by atoms with Gasteiger partial charge < -0.3 is 15.6 Å². The summed E-state index contributed by atoms with van der Waals surface area (Å²) in [5.41, 5.74) is 8.66. The first kappa shape index (κ1) is 11.0. The average molecular weight is 241 g/mol. The van der Waals surface area contributed by atoms with E-state index in [2.05, 4.69) is 0 Å². The summed E-state index contributed by atoms with van der Waals surface area (Å²) in [6, 6.07) is 13.1. The van der Waals surface area contributed by atoms with Crippen molar-refractivity contribution in [1.82, 2.24) is 0 Å². The molecule has 0 saturated carbocycles. The molecule has 1 unspecified atom stereocenters. The third kappa shape index (κ3) is 1.99. The molecule has 3 N–H and O–H groups in total. The SMILES string of the molecule is Nc1ccc(C2CCc3cc(O)ccc3O2)cc1. The molecule has 0 amide bonds. The quantitative estimate of drug-likeness (QED) is 0.754. The lowest BCUT2D eigenvalue weighted by Gasteiger charge is -2.26. The van der Waals surface area contributed by atoms with Gasteiger partial charge in [0.2, 0.25) is 0 Å². The number of hydrogen-bond acceptors (Lipinski definition) is 3. The van der Waals surface area contributed by atoms with Crippen LogP contribution in [-0.4, -0.2) is 5.11 Å². The topological polar surface area (TPSA) is 55.5 Å². The first-order chi connectivity index (χ1) is 8.72. The molecule has 18 heavy (non-hydrogen) atoms. The lowest BCUT2D eigenvalue weighted by Crippen LogP contribution is -2.14. The van der Waals surface area contributed by atoms with Gasteiger partial charge in [-0.2, -0.15) is 0 Å². The van der Waals surface area contributed by atoms with Crippen LogP contribution in [0.2, 0.25) is 0 Å². The Balaban J connectivity index is 1.86. The van der Waals surface area contributed by atoms with Gasteiger partial charge >= 0.3 is 0 Å². The summed E-state index contributed by atoms with van der Waals surface area (Å²) in [4.78, 5) is 0. The Bertz CT molecular complexity index is 563. The molecule has 3 heteroatoms. The zero-order chi connectivity index (χ0) is 12.5. The molecule has 3 rings (SSSR count). The monoisotopic (exact) mass is 241 g/mol. The summed E-state index contributed by atoms with van der Waals surface area (Å²) in [6.07, 6.45) is 1.90. The number of phenols is 1. The number of nitrogen functional groups attached to an aromatic ring is 1. The second-order valence-corrected chi connectivity index (χ2v) is 4.60. The number of aryl methyl sites for hydroxylation is 1. The van der Waals surface area contributed by atoms with Crippen LogP contribution in [0.5, 0.6) is 11.5 Å². The van der Waals surface area contributed by atoms with Crippen molar-refractivity contribution < 1.29 is 9.84 Å². The van der Waals surface area contributed by atoms with Gasteiger partial charge in [-0.3, -0.25) is 0 Å². The van der Waals surface area contributed by atoms with Crippen molar-refractivity contribution in [3.8, 4) is 11.5 Å². The summed E-state index contributed by atoms with van der Waals surface area (Å²) in [7, 11) is 0. The normalized spacial score (nSPS) is 17.9. The van der Waals surface area contributed by atoms with E-state index < -0.39 is 0 Å². The maximum atomic E-state index is 9.43. The molecule has 0 saturated heterocycles. The summed E-state index contributed by atoms with van der Waals surface area (Å²) >= 11 is 0. The largest absolute Gasteiger partial charge is 0.508 e.